The Morgan fingerprint density at radius 1 is 0.962 bits per heavy atom. The maximum atomic E-state index is 12.5. The summed E-state index contributed by atoms with van der Waals surface area (Å²) in [6, 6.07) is -1.50. The Bertz CT molecular complexity index is 467. The molecule has 7 heteroatoms. The molecule has 0 N–H and O–H groups in total. The average molecular weight is 370 g/mol. The number of nitrogens with zero attached hydrogens (tertiary/aromatic N) is 2. The largest absolute Gasteiger partial charge is 0.464 e. The van der Waals surface area contributed by atoms with E-state index in [4.69, 9.17) is 4.74 Å². The van der Waals surface area contributed by atoms with Crippen molar-refractivity contribution in [3.05, 3.63) is 12.8 Å². The minimum absolute atomic E-state index is 0.360. The fourth-order valence-corrected chi connectivity index (χ4v) is 2.30. The van der Waals surface area contributed by atoms with Gasteiger partial charge in [0.05, 0.1) is 12.9 Å². The number of likely N-dealkylation sites (N-methyl/N-ethyl adjacent to an activating group) is 2. The van der Waals surface area contributed by atoms with Crippen LogP contribution < -0.4 is 0 Å². The number of carbonyl (C=O) groups is 3. The lowest BCUT2D eigenvalue weighted by atomic mass is 10.1. The smallest absolute Gasteiger partial charge is 0.415 e. The summed E-state index contributed by atoms with van der Waals surface area (Å²) in [5.41, 5.74) is 0. The van der Waals surface area contributed by atoms with E-state index >= 15 is 0 Å². The first-order valence-corrected chi connectivity index (χ1v) is 9.25. The second-order valence-corrected chi connectivity index (χ2v) is 6.40. The van der Waals surface area contributed by atoms with E-state index in [1.807, 2.05) is 0 Å². The van der Waals surface area contributed by atoms with Crippen molar-refractivity contribution in [2.24, 2.45) is 0 Å². The van der Waals surface area contributed by atoms with Crippen LogP contribution in [-0.2, 0) is 19.1 Å². The van der Waals surface area contributed by atoms with E-state index in [0.717, 1.165) is 30.4 Å². The van der Waals surface area contributed by atoms with Crippen molar-refractivity contribution in [2.45, 2.75) is 71.4 Å². The normalized spacial score (nSPS) is 12.7. The Labute approximate surface area is 157 Å². The van der Waals surface area contributed by atoms with Crippen molar-refractivity contribution in [3.63, 3.8) is 0 Å². The van der Waals surface area contributed by atoms with Gasteiger partial charge in [-0.15, -0.1) is 0 Å². The van der Waals surface area contributed by atoms with Gasteiger partial charge in [0.2, 0.25) is 5.91 Å². The van der Waals surface area contributed by atoms with Crippen molar-refractivity contribution >= 4 is 18.0 Å². The average Bonchev–Trinajstić information content (AvgIpc) is 2.64. The minimum atomic E-state index is -0.777. The summed E-state index contributed by atoms with van der Waals surface area (Å²) in [5, 5.41) is 0. The van der Waals surface area contributed by atoms with Gasteiger partial charge < -0.3 is 14.4 Å². The van der Waals surface area contributed by atoms with Crippen molar-refractivity contribution in [1.29, 1.82) is 0 Å². The van der Waals surface area contributed by atoms with Crippen LogP contribution in [0, 0.1) is 0 Å². The molecule has 0 rings (SSSR count). The Morgan fingerprint density at radius 3 is 2.12 bits per heavy atom. The number of amides is 2. The molecule has 7 nitrogen and oxygen atoms in total. The molecule has 0 aliphatic heterocycles. The lowest BCUT2D eigenvalue weighted by Crippen LogP contribution is -2.51. The summed E-state index contributed by atoms with van der Waals surface area (Å²) in [6.45, 7) is 9.01. The van der Waals surface area contributed by atoms with Gasteiger partial charge in [0, 0.05) is 14.1 Å². The molecule has 0 aromatic heterocycles. The molecular formula is C19H34N2O5. The topological polar surface area (TPSA) is 76.2 Å². The monoisotopic (exact) mass is 370 g/mol. The highest BCUT2D eigenvalue weighted by Crippen LogP contribution is 2.09. The zero-order valence-corrected chi connectivity index (χ0v) is 16.8. The van der Waals surface area contributed by atoms with Gasteiger partial charge in [-0.2, -0.15) is 0 Å². The second kappa shape index (κ2) is 13.2. The predicted octanol–water partition coefficient (Wildman–Crippen LogP) is 3.34. The van der Waals surface area contributed by atoms with E-state index in [2.05, 4.69) is 18.2 Å². The first-order valence-electron chi connectivity index (χ1n) is 9.25. The fraction of sp³-hybridized carbons (Fsp3) is 0.737. The molecule has 2 amide bonds. The van der Waals surface area contributed by atoms with Gasteiger partial charge in [-0.25, -0.2) is 9.59 Å². The molecule has 0 radical (unpaired) electrons. The molecule has 0 aromatic carbocycles. The first kappa shape index (κ1) is 23.9. The van der Waals surface area contributed by atoms with Gasteiger partial charge >= 0.3 is 12.1 Å². The summed E-state index contributed by atoms with van der Waals surface area (Å²) in [6.07, 6.45) is 6.95. The molecule has 0 aliphatic rings. The molecular weight excluding hydrogens is 336 g/mol. The Hall–Kier alpha value is -2.05. The lowest BCUT2D eigenvalue weighted by Gasteiger charge is -2.30. The third kappa shape index (κ3) is 8.36. The third-order valence-corrected chi connectivity index (χ3v) is 4.42. The lowest BCUT2D eigenvalue weighted by molar-refractivity contribution is -0.154. The molecule has 0 heterocycles. The SMILES string of the molecule is C=COC(=O)N(C)C(C)C(=O)N(C)C(C)C(=O)OCCCCCCCC. The van der Waals surface area contributed by atoms with Crippen molar-refractivity contribution in [1.82, 2.24) is 9.80 Å². The molecule has 150 valence electrons. The molecule has 0 spiro atoms. The molecule has 2 atom stereocenters. The number of rotatable bonds is 12. The van der Waals surface area contributed by atoms with Gasteiger partial charge in [-0.05, 0) is 20.3 Å². The van der Waals surface area contributed by atoms with Crippen LogP contribution in [0.2, 0.25) is 0 Å². The number of esters is 1. The van der Waals surface area contributed by atoms with E-state index in [-0.39, 0.29) is 5.91 Å². The van der Waals surface area contributed by atoms with Crippen LogP contribution in [0.15, 0.2) is 12.8 Å². The highest BCUT2D eigenvalue weighted by atomic mass is 16.5. The van der Waals surface area contributed by atoms with Crippen LogP contribution in [0.4, 0.5) is 4.79 Å². The number of hydrogen-bond donors (Lipinski definition) is 0. The quantitative estimate of drug-likeness (QED) is 0.299. The standard InChI is InChI=1S/C19H34N2O5/c1-7-9-10-11-12-13-14-26-18(23)16(4)20(5)17(22)15(3)21(6)19(24)25-8-2/h8,15-16H,2,7,9-14H2,1,3-6H3. The van der Waals surface area contributed by atoms with Crippen LogP contribution in [0.1, 0.15) is 59.3 Å². The van der Waals surface area contributed by atoms with Gasteiger partial charge in [-0.1, -0.05) is 45.6 Å². The maximum absolute atomic E-state index is 12.5. The summed E-state index contributed by atoms with van der Waals surface area (Å²) in [5.74, 6) is -0.824. The number of hydrogen-bond acceptors (Lipinski definition) is 5. The zero-order valence-electron chi connectivity index (χ0n) is 16.8. The molecule has 0 bridgehead atoms. The fourth-order valence-electron chi connectivity index (χ4n) is 2.30. The summed E-state index contributed by atoms with van der Waals surface area (Å²) >= 11 is 0. The van der Waals surface area contributed by atoms with Gasteiger partial charge in [0.15, 0.2) is 0 Å². The van der Waals surface area contributed by atoms with E-state index in [9.17, 15) is 14.4 Å². The van der Waals surface area contributed by atoms with Crippen LogP contribution in [0.25, 0.3) is 0 Å². The van der Waals surface area contributed by atoms with Gasteiger partial charge in [-0.3, -0.25) is 9.69 Å². The second-order valence-electron chi connectivity index (χ2n) is 6.40. The van der Waals surface area contributed by atoms with E-state index < -0.39 is 24.1 Å². The summed E-state index contributed by atoms with van der Waals surface area (Å²) < 4.78 is 9.91. The predicted molar refractivity (Wildman–Crippen MR) is 100 cm³/mol. The number of carbonyl (C=O) groups excluding carboxylic acids is 3. The highest BCUT2D eigenvalue weighted by molar-refractivity contribution is 5.89. The van der Waals surface area contributed by atoms with Crippen LogP contribution in [-0.4, -0.2) is 60.6 Å². The van der Waals surface area contributed by atoms with Crippen LogP contribution in [0.3, 0.4) is 0 Å². The van der Waals surface area contributed by atoms with Crippen molar-refractivity contribution in [3.8, 4) is 0 Å². The molecule has 0 aliphatic carbocycles. The Kier molecular flexibility index (Phi) is 12.2. The Morgan fingerprint density at radius 2 is 1.54 bits per heavy atom. The van der Waals surface area contributed by atoms with E-state index in [1.54, 1.807) is 13.8 Å². The van der Waals surface area contributed by atoms with Gasteiger partial charge in [0.1, 0.15) is 12.1 Å². The molecule has 26 heavy (non-hydrogen) atoms. The zero-order chi connectivity index (χ0) is 20.1. The highest BCUT2D eigenvalue weighted by Gasteiger charge is 2.31. The maximum Gasteiger partial charge on any atom is 0.415 e. The number of ether oxygens (including phenoxy) is 2. The van der Waals surface area contributed by atoms with Crippen LogP contribution >= 0.6 is 0 Å². The summed E-state index contributed by atoms with van der Waals surface area (Å²) in [4.78, 5) is 38.7. The van der Waals surface area contributed by atoms with E-state index in [1.165, 1.54) is 38.3 Å². The minimum Gasteiger partial charge on any atom is -0.464 e. The number of unbranched alkanes of at least 4 members (excludes halogenated alkanes) is 5. The van der Waals surface area contributed by atoms with Gasteiger partial charge in [0.25, 0.3) is 0 Å². The molecule has 0 fully saturated rings. The molecule has 0 saturated heterocycles. The molecule has 0 saturated carbocycles. The third-order valence-electron chi connectivity index (χ3n) is 4.42. The van der Waals surface area contributed by atoms with Crippen LogP contribution in [0.5, 0.6) is 0 Å². The van der Waals surface area contributed by atoms with E-state index in [0.29, 0.717) is 6.61 Å². The molecule has 2 unspecified atom stereocenters. The van der Waals surface area contributed by atoms with Crippen molar-refractivity contribution in [2.75, 3.05) is 20.7 Å². The molecule has 0 aromatic rings. The summed E-state index contributed by atoms with van der Waals surface area (Å²) in [7, 11) is 2.96. The Balaban J connectivity index is 4.34. The first-order chi connectivity index (χ1) is 12.3. The van der Waals surface area contributed by atoms with Crippen molar-refractivity contribution < 1.29 is 23.9 Å².